The lowest BCUT2D eigenvalue weighted by Crippen LogP contribution is -2.27. The molecule has 3 nitrogen and oxygen atoms in total. The fraction of sp³-hybridized carbons (Fsp3) is 1.00. The maximum Gasteiger partial charge on any atom is 0.221 e. The van der Waals surface area contributed by atoms with Gasteiger partial charge in [0.15, 0.2) is 0 Å². The normalized spacial score (nSPS) is 24.9. The summed E-state index contributed by atoms with van der Waals surface area (Å²) in [5, 5.41) is 0. The number of sulfonamides is 1. The van der Waals surface area contributed by atoms with E-state index in [1.165, 1.54) is 0 Å². The monoisotopic (exact) mass is 283 g/mol. The van der Waals surface area contributed by atoms with E-state index < -0.39 is 10.0 Å². The fourth-order valence-electron chi connectivity index (χ4n) is 2.09. The number of hydrogen-bond donors (Lipinski definition) is 1. The van der Waals surface area contributed by atoms with E-state index >= 15 is 0 Å². The van der Waals surface area contributed by atoms with E-state index in [4.69, 9.17) is 0 Å². The van der Waals surface area contributed by atoms with Crippen LogP contribution in [0.25, 0.3) is 0 Å². The Kier molecular flexibility index (Phi) is 3.08. The minimum Gasteiger partial charge on any atom is -0.214 e. The summed E-state index contributed by atoms with van der Waals surface area (Å²) in [5.74, 6) is 0.434. The van der Waals surface area contributed by atoms with E-state index in [1.807, 2.05) is 0 Å². The third-order valence-corrected chi connectivity index (χ3v) is 6.67. The fourth-order valence-corrected chi connectivity index (χ4v) is 3.08. The summed E-state index contributed by atoms with van der Waals surface area (Å²) in [6.45, 7) is 9.27. The number of hydrogen-bond acceptors (Lipinski definition) is 2. The zero-order valence-electron chi connectivity index (χ0n) is 9.09. The van der Waals surface area contributed by atoms with Crippen molar-refractivity contribution in [2.75, 3.05) is 11.2 Å². The molecule has 0 bridgehead atoms. The molecule has 0 spiro atoms. The van der Waals surface area contributed by atoms with Crippen LogP contribution in [-0.2, 0) is 10.0 Å². The van der Waals surface area contributed by atoms with Crippen molar-refractivity contribution in [3.05, 3.63) is 0 Å². The van der Waals surface area contributed by atoms with Crippen molar-refractivity contribution in [3.8, 4) is 0 Å². The summed E-state index contributed by atoms with van der Waals surface area (Å²) in [6, 6.07) is 0. The molecule has 1 aliphatic rings. The zero-order valence-corrected chi connectivity index (χ0v) is 11.5. The second-order valence-electron chi connectivity index (χ2n) is 5.07. The minimum absolute atomic E-state index is 0.0203. The largest absolute Gasteiger partial charge is 0.221 e. The van der Waals surface area contributed by atoms with Crippen molar-refractivity contribution in [3.63, 3.8) is 0 Å². The summed E-state index contributed by atoms with van der Waals surface area (Å²) in [5.41, 5.74) is 0.476. The molecule has 0 saturated heterocycles. The lowest BCUT2D eigenvalue weighted by atomic mass is 10.0. The van der Waals surface area contributed by atoms with E-state index in [0.29, 0.717) is 12.5 Å². The Balaban J connectivity index is 2.52. The van der Waals surface area contributed by atoms with E-state index in [9.17, 15) is 8.42 Å². The molecule has 1 saturated carbocycles. The molecule has 1 aliphatic carbocycles. The Morgan fingerprint density at radius 1 is 1.21 bits per heavy atom. The van der Waals surface area contributed by atoms with Gasteiger partial charge in [-0.15, -0.1) is 0 Å². The summed E-state index contributed by atoms with van der Waals surface area (Å²) in [6.07, 6.45) is 0. The first-order valence-corrected chi connectivity index (χ1v) is 7.46. The summed E-state index contributed by atoms with van der Waals surface area (Å²) < 4.78 is 25.0. The number of rotatable bonds is 4. The van der Waals surface area contributed by atoms with Crippen LogP contribution in [0.5, 0.6) is 0 Å². The molecule has 0 heterocycles. The molecule has 0 aliphatic heterocycles. The van der Waals surface area contributed by atoms with Crippen LogP contribution >= 0.6 is 15.9 Å². The quantitative estimate of drug-likeness (QED) is 0.802. The van der Waals surface area contributed by atoms with Crippen molar-refractivity contribution < 1.29 is 8.42 Å². The molecule has 0 aromatic rings. The van der Waals surface area contributed by atoms with Crippen LogP contribution in [-0.4, -0.2) is 19.6 Å². The molecular weight excluding hydrogens is 266 g/mol. The highest BCUT2D eigenvalue weighted by atomic mass is 79.9. The number of halogens is 1. The first-order valence-electron chi connectivity index (χ1n) is 4.68. The van der Waals surface area contributed by atoms with E-state index in [2.05, 4.69) is 48.3 Å². The molecular formula is C9H18BrNO2S. The molecule has 5 heteroatoms. The predicted molar refractivity (Wildman–Crippen MR) is 61.8 cm³/mol. The van der Waals surface area contributed by atoms with Gasteiger partial charge in [-0.1, -0.05) is 43.6 Å². The summed E-state index contributed by atoms with van der Waals surface area (Å²) in [4.78, 5) is 0. The van der Waals surface area contributed by atoms with Gasteiger partial charge in [-0.25, -0.2) is 13.1 Å². The van der Waals surface area contributed by atoms with Crippen molar-refractivity contribution in [1.82, 2.24) is 4.72 Å². The van der Waals surface area contributed by atoms with Crippen molar-refractivity contribution in [1.29, 1.82) is 0 Å². The molecule has 0 aromatic carbocycles. The zero-order chi connectivity index (χ0) is 11.2. The maximum atomic E-state index is 11.2. The third-order valence-electron chi connectivity index (χ3n) is 3.97. The van der Waals surface area contributed by atoms with Crippen molar-refractivity contribution in [2.45, 2.75) is 27.7 Å². The molecule has 1 N–H and O–H groups in total. The van der Waals surface area contributed by atoms with Crippen LogP contribution < -0.4 is 4.72 Å². The predicted octanol–water partition coefficient (Wildman–Crippen LogP) is 1.94. The van der Waals surface area contributed by atoms with Gasteiger partial charge in [0.1, 0.15) is 4.66 Å². The Morgan fingerprint density at radius 2 is 1.64 bits per heavy atom. The number of nitrogens with one attached hydrogen (secondary N) is 1. The van der Waals surface area contributed by atoms with Gasteiger partial charge in [0, 0.05) is 6.54 Å². The second-order valence-corrected chi connectivity index (χ2v) is 8.18. The molecule has 0 amide bonds. The average Bonchev–Trinajstić information content (AvgIpc) is 2.41. The highest BCUT2D eigenvalue weighted by molar-refractivity contribution is 9.10. The van der Waals surface area contributed by atoms with Gasteiger partial charge in [-0.3, -0.25) is 0 Å². The van der Waals surface area contributed by atoms with Crippen LogP contribution in [0, 0.1) is 16.7 Å². The van der Waals surface area contributed by atoms with E-state index in [-0.39, 0.29) is 15.5 Å². The van der Waals surface area contributed by atoms with Gasteiger partial charge in [0.25, 0.3) is 0 Å². The van der Waals surface area contributed by atoms with Crippen LogP contribution in [0.3, 0.4) is 0 Å². The average molecular weight is 284 g/mol. The van der Waals surface area contributed by atoms with Gasteiger partial charge in [0.05, 0.1) is 0 Å². The Morgan fingerprint density at radius 3 is 1.93 bits per heavy atom. The summed E-state index contributed by atoms with van der Waals surface area (Å²) >= 11 is 2.95. The molecule has 0 aromatic heterocycles. The molecule has 0 unspecified atom stereocenters. The summed E-state index contributed by atoms with van der Waals surface area (Å²) in [7, 11) is -3.11. The first kappa shape index (κ1) is 12.5. The topological polar surface area (TPSA) is 46.2 Å². The number of alkyl halides is 1. The highest BCUT2D eigenvalue weighted by Gasteiger charge is 2.64. The molecule has 1 rings (SSSR count). The van der Waals surface area contributed by atoms with Crippen molar-refractivity contribution >= 4 is 26.0 Å². The van der Waals surface area contributed by atoms with E-state index in [0.717, 1.165) is 0 Å². The lowest BCUT2D eigenvalue weighted by molar-refractivity contribution is 0.457. The molecule has 0 atom stereocenters. The first-order chi connectivity index (χ1) is 6.15. The Hall–Kier alpha value is 0.390. The Bertz CT molecular complexity index is 308. The minimum atomic E-state index is -3.11. The lowest BCUT2D eigenvalue weighted by Gasteiger charge is -2.04. The molecule has 14 heavy (non-hydrogen) atoms. The van der Waals surface area contributed by atoms with Crippen molar-refractivity contribution in [2.24, 2.45) is 16.7 Å². The third kappa shape index (κ3) is 1.99. The van der Waals surface area contributed by atoms with Gasteiger partial charge in [-0.05, 0) is 16.7 Å². The molecule has 84 valence electrons. The molecule has 1 fully saturated rings. The molecule has 0 radical (unpaired) electrons. The van der Waals surface area contributed by atoms with E-state index in [1.54, 1.807) is 0 Å². The Labute approximate surface area is 94.8 Å². The highest BCUT2D eigenvalue weighted by Crippen LogP contribution is 2.67. The second kappa shape index (κ2) is 3.46. The van der Waals surface area contributed by atoms with Gasteiger partial charge in [-0.2, -0.15) is 0 Å². The van der Waals surface area contributed by atoms with Crippen LogP contribution in [0.4, 0.5) is 0 Å². The van der Waals surface area contributed by atoms with Gasteiger partial charge in [0.2, 0.25) is 10.0 Å². The van der Waals surface area contributed by atoms with Gasteiger partial charge >= 0.3 is 0 Å². The maximum absolute atomic E-state index is 11.2. The van der Waals surface area contributed by atoms with Crippen LogP contribution in [0.15, 0.2) is 0 Å². The smallest absolute Gasteiger partial charge is 0.214 e. The SMILES string of the molecule is CC1(C)C(CNS(=O)(=O)CBr)C1(C)C. The van der Waals surface area contributed by atoms with Crippen LogP contribution in [0.2, 0.25) is 0 Å². The van der Waals surface area contributed by atoms with Gasteiger partial charge < -0.3 is 0 Å². The van der Waals surface area contributed by atoms with Crippen LogP contribution in [0.1, 0.15) is 27.7 Å². The standard InChI is InChI=1S/C9H18BrNO2S/c1-8(2)7(9(8,3)4)5-11-14(12,13)6-10/h7,11H,5-6H2,1-4H3.